The summed E-state index contributed by atoms with van der Waals surface area (Å²) in [4.78, 5) is 15.3. The Morgan fingerprint density at radius 3 is 2.55 bits per heavy atom. The highest BCUT2D eigenvalue weighted by Gasteiger charge is 2.35. The van der Waals surface area contributed by atoms with Crippen molar-refractivity contribution >= 4 is 27.3 Å². The third kappa shape index (κ3) is 4.86. The average Bonchev–Trinajstić information content (AvgIpc) is 2.72. The van der Waals surface area contributed by atoms with E-state index in [1.807, 2.05) is 6.92 Å². The van der Waals surface area contributed by atoms with Crippen LogP contribution in [-0.4, -0.2) is 63.3 Å². The van der Waals surface area contributed by atoms with Gasteiger partial charge in [0, 0.05) is 33.2 Å². The molecule has 2 fully saturated rings. The molecule has 162 valence electrons. The van der Waals surface area contributed by atoms with E-state index in [-0.39, 0.29) is 17.3 Å². The van der Waals surface area contributed by atoms with Crippen molar-refractivity contribution in [2.75, 3.05) is 44.4 Å². The van der Waals surface area contributed by atoms with Gasteiger partial charge in [0.1, 0.15) is 0 Å². The highest BCUT2D eigenvalue weighted by molar-refractivity contribution is 7.89. The topological polar surface area (TPSA) is 81.8 Å². The van der Waals surface area contributed by atoms with Crippen molar-refractivity contribution in [1.82, 2.24) is 9.21 Å². The number of rotatable bonds is 7. The van der Waals surface area contributed by atoms with Gasteiger partial charge in [0.2, 0.25) is 15.9 Å². The molecule has 8 heteroatoms. The maximum atomic E-state index is 13.0. The highest BCUT2D eigenvalue weighted by Crippen LogP contribution is 2.35. The molecule has 0 aromatic heterocycles. The number of likely N-dealkylation sites (tertiary alicyclic amines) is 1. The van der Waals surface area contributed by atoms with Gasteiger partial charge in [-0.05, 0) is 56.7 Å². The smallest absolute Gasteiger partial charge is 0.242 e. The number of anilines is 2. The fraction of sp³-hybridized carbons (Fsp3) is 0.667. The van der Waals surface area contributed by atoms with E-state index >= 15 is 0 Å². The van der Waals surface area contributed by atoms with Crippen LogP contribution < -0.4 is 10.6 Å². The molecule has 1 heterocycles. The van der Waals surface area contributed by atoms with E-state index in [9.17, 15) is 13.2 Å². The predicted octanol–water partition coefficient (Wildman–Crippen LogP) is 2.96. The fourth-order valence-corrected chi connectivity index (χ4v) is 5.52. The molecule has 1 saturated heterocycles. The number of nitrogens with one attached hydrogen (secondary N) is 2. The van der Waals surface area contributed by atoms with E-state index in [1.54, 1.807) is 18.2 Å². The molecule has 1 saturated carbocycles. The Morgan fingerprint density at radius 2 is 1.83 bits per heavy atom. The summed E-state index contributed by atoms with van der Waals surface area (Å²) >= 11 is 0. The molecular formula is C21H34N4O3S. The minimum atomic E-state index is -3.54. The first kappa shape index (κ1) is 21.9. The second kappa shape index (κ2) is 9.34. The molecule has 0 radical (unpaired) electrons. The first-order chi connectivity index (χ1) is 13.8. The summed E-state index contributed by atoms with van der Waals surface area (Å²) in [5.74, 6) is 0.747. The molecular weight excluding hydrogens is 388 g/mol. The van der Waals surface area contributed by atoms with E-state index in [0.29, 0.717) is 24.2 Å². The van der Waals surface area contributed by atoms with Gasteiger partial charge in [0.25, 0.3) is 0 Å². The second-order valence-electron chi connectivity index (χ2n) is 8.22. The van der Waals surface area contributed by atoms with Gasteiger partial charge in [-0.25, -0.2) is 12.7 Å². The lowest BCUT2D eigenvalue weighted by Crippen LogP contribution is -2.51. The van der Waals surface area contributed by atoms with Crippen molar-refractivity contribution in [2.24, 2.45) is 5.92 Å². The molecule has 0 bridgehead atoms. The average molecular weight is 423 g/mol. The van der Waals surface area contributed by atoms with Crippen molar-refractivity contribution in [3.63, 3.8) is 0 Å². The molecule has 2 unspecified atom stereocenters. The van der Waals surface area contributed by atoms with E-state index in [4.69, 9.17) is 0 Å². The standard InChI is InChI=1S/C21H34N4O3S/c1-4-22-18-12-11-17(29(27,28)24(2)3)14-19(18)23-15-21(26)25-13-7-9-16-8-5-6-10-20(16)25/h11-12,14,16,20,22-23H,4-10,13,15H2,1-3H3. The third-order valence-corrected chi connectivity index (χ3v) is 7.94. The molecule has 1 aliphatic heterocycles. The Kier molecular flexibility index (Phi) is 7.05. The third-order valence-electron chi connectivity index (χ3n) is 6.13. The number of sulfonamides is 1. The Bertz CT molecular complexity index is 823. The second-order valence-corrected chi connectivity index (χ2v) is 10.4. The van der Waals surface area contributed by atoms with Gasteiger partial charge in [-0.15, -0.1) is 0 Å². The fourth-order valence-electron chi connectivity index (χ4n) is 4.59. The summed E-state index contributed by atoms with van der Waals surface area (Å²) < 4.78 is 26.2. The van der Waals surface area contributed by atoms with E-state index < -0.39 is 10.0 Å². The summed E-state index contributed by atoms with van der Waals surface area (Å²) in [6, 6.07) is 5.34. The van der Waals surface area contributed by atoms with Gasteiger partial charge in [-0.3, -0.25) is 4.79 Å². The summed E-state index contributed by atoms with van der Waals surface area (Å²) in [7, 11) is -0.506. The normalized spacial score (nSPS) is 22.3. The molecule has 1 aromatic rings. The van der Waals surface area contributed by atoms with Gasteiger partial charge in [0.05, 0.1) is 22.8 Å². The van der Waals surface area contributed by atoms with E-state index in [1.165, 1.54) is 44.1 Å². The van der Waals surface area contributed by atoms with Crippen molar-refractivity contribution in [1.29, 1.82) is 0 Å². The van der Waals surface area contributed by atoms with Crippen LogP contribution in [0.3, 0.4) is 0 Å². The van der Waals surface area contributed by atoms with Crippen LogP contribution in [0.25, 0.3) is 0 Å². The van der Waals surface area contributed by atoms with Crippen LogP contribution in [0.5, 0.6) is 0 Å². The van der Waals surface area contributed by atoms with Crippen LogP contribution in [0.15, 0.2) is 23.1 Å². The monoisotopic (exact) mass is 422 g/mol. The van der Waals surface area contributed by atoms with Crippen molar-refractivity contribution in [3.8, 4) is 0 Å². The van der Waals surface area contributed by atoms with Crippen molar-refractivity contribution < 1.29 is 13.2 Å². The lowest BCUT2D eigenvalue weighted by molar-refractivity contribution is -0.135. The molecule has 1 aliphatic carbocycles. The molecule has 1 amide bonds. The first-order valence-electron chi connectivity index (χ1n) is 10.7. The van der Waals surface area contributed by atoms with Crippen LogP contribution in [0.1, 0.15) is 45.4 Å². The number of nitrogens with zero attached hydrogens (tertiary/aromatic N) is 2. The minimum absolute atomic E-state index is 0.102. The largest absolute Gasteiger partial charge is 0.384 e. The maximum absolute atomic E-state index is 13.0. The van der Waals surface area contributed by atoms with Gasteiger partial charge in [0.15, 0.2) is 0 Å². The summed E-state index contributed by atoms with van der Waals surface area (Å²) in [5, 5.41) is 6.44. The van der Waals surface area contributed by atoms with Crippen molar-refractivity contribution in [2.45, 2.75) is 56.4 Å². The Labute approximate surface area is 174 Å². The SMILES string of the molecule is CCNc1ccc(S(=O)(=O)N(C)C)cc1NCC(=O)N1CCCC2CCCCC21. The zero-order valence-electron chi connectivity index (χ0n) is 17.8. The number of benzene rings is 1. The van der Waals surface area contributed by atoms with Crippen LogP contribution in [0, 0.1) is 5.92 Å². The highest BCUT2D eigenvalue weighted by atomic mass is 32.2. The number of fused-ring (bicyclic) bond motifs is 1. The van der Waals surface area contributed by atoms with Crippen LogP contribution in [-0.2, 0) is 14.8 Å². The number of carbonyl (C=O) groups is 1. The lowest BCUT2D eigenvalue weighted by Gasteiger charge is -2.44. The van der Waals surface area contributed by atoms with E-state index in [0.717, 1.165) is 25.1 Å². The predicted molar refractivity (Wildman–Crippen MR) is 117 cm³/mol. The molecule has 29 heavy (non-hydrogen) atoms. The molecule has 1 aromatic carbocycles. The Hall–Kier alpha value is -1.80. The molecule has 2 aliphatic rings. The molecule has 3 rings (SSSR count). The van der Waals surface area contributed by atoms with Crippen molar-refractivity contribution in [3.05, 3.63) is 18.2 Å². The van der Waals surface area contributed by atoms with Gasteiger partial charge in [-0.1, -0.05) is 12.8 Å². The van der Waals surface area contributed by atoms with Gasteiger partial charge < -0.3 is 15.5 Å². The summed E-state index contributed by atoms with van der Waals surface area (Å²) in [6.45, 7) is 3.69. The quantitative estimate of drug-likeness (QED) is 0.706. The van der Waals surface area contributed by atoms with Crippen LogP contribution >= 0.6 is 0 Å². The molecule has 2 N–H and O–H groups in total. The number of carbonyl (C=O) groups excluding carboxylic acids is 1. The van der Waals surface area contributed by atoms with Crippen LogP contribution in [0.4, 0.5) is 11.4 Å². The Balaban J connectivity index is 1.75. The molecule has 2 atom stereocenters. The summed E-state index contributed by atoms with van der Waals surface area (Å²) in [5.41, 5.74) is 1.44. The first-order valence-corrected chi connectivity index (χ1v) is 12.1. The number of hydrogen-bond acceptors (Lipinski definition) is 5. The maximum Gasteiger partial charge on any atom is 0.242 e. The summed E-state index contributed by atoms with van der Waals surface area (Å²) in [6.07, 6.45) is 7.13. The van der Waals surface area contributed by atoms with Crippen LogP contribution in [0.2, 0.25) is 0 Å². The zero-order chi connectivity index (χ0) is 21.0. The molecule has 7 nitrogen and oxygen atoms in total. The van der Waals surface area contributed by atoms with Gasteiger partial charge >= 0.3 is 0 Å². The Morgan fingerprint density at radius 1 is 1.10 bits per heavy atom. The number of piperidine rings is 1. The van der Waals surface area contributed by atoms with E-state index in [2.05, 4.69) is 15.5 Å². The molecule has 0 spiro atoms. The number of amides is 1. The minimum Gasteiger partial charge on any atom is -0.384 e. The lowest BCUT2D eigenvalue weighted by atomic mass is 9.78. The number of hydrogen-bond donors (Lipinski definition) is 2. The van der Waals surface area contributed by atoms with Gasteiger partial charge in [-0.2, -0.15) is 0 Å². The zero-order valence-corrected chi connectivity index (χ0v) is 18.6.